The van der Waals surface area contributed by atoms with Crippen LogP contribution in [-0.2, 0) is 7.05 Å². The highest BCUT2D eigenvalue weighted by Crippen LogP contribution is 2.26. The molecule has 0 fully saturated rings. The third-order valence-electron chi connectivity index (χ3n) is 2.86. The fraction of sp³-hybridized carbons (Fsp3) is 0.600. The highest BCUT2D eigenvalue weighted by atomic mass is 16.1. The zero-order valence-electron chi connectivity index (χ0n) is 12.5. The van der Waals surface area contributed by atoms with Crippen molar-refractivity contribution in [2.45, 2.75) is 47.5 Å². The van der Waals surface area contributed by atoms with E-state index in [1.54, 1.807) is 0 Å². The summed E-state index contributed by atoms with van der Waals surface area (Å²) in [6.07, 6.45) is 2.04. The molecule has 18 heavy (non-hydrogen) atoms. The summed E-state index contributed by atoms with van der Waals surface area (Å²) in [4.78, 5) is 12.4. The number of rotatable bonds is 4. The van der Waals surface area contributed by atoms with E-state index >= 15 is 0 Å². The lowest BCUT2D eigenvalue weighted by molar-refractivity contribution is 0.0938. The first-order chi connectivity index (χ1) is 8.25. The van der Waals surface area contributed by atoms with Crippen LogP contribution in [0.2, 0.25) is 0 Å². The van der Waals surface area contributed by atoms with E-state index in [0.29, 0.717) is 0 Å². The monoisotopic (exact) mass is 248 g/mol. The summed E-state index contributed by atoms with van der Waals surface area (Å²) in [5.74, 6) is 0.434. The number of aryl methyl sites for hydroxylation is 1. The number of hydrogen-bond donors (Lipinski definition) is 0. The predicted molar refractivity (Wildman–Crippen MR) is 75.8 cm³/mol. The van der Waals surface area contributed by atoms with Crippen molar-refractivity contribution < 1.29 is 4.79 Å². The van der Waals surface area contributed by atoms with Crippen molar-refractivity contribution in [1.29, 1.82) is 0 Å². The number of carbonyl (C=O) groups is 1. The van der Waals surface area contributed by atoms with Crippen LogP contribution in [0, 0.1) is 5.92 Å². The summed E-state index contributed by atoms with van der Waals surface area (Å²) >= 11 is 0. The lowest BCUT2D eigenvalue weighted by Gasteiger charge is -2.08. The first kappa shape index (κ1) is 14.7. The number of ketones is 1. The molecule has 0 atom stereocenters. The summed E-state index contributed by atoms with van der Waals surface area (Å²) in [5, 5.41) is 4.52. The van der Waals surface area contributed by atoms with Crippen molar-refractivity contribution in [1.82, 2.24) is 9.78 Å². The van der Waals surface area contributed by atoms with E-state index < -0.39 is 0 Å². The Morgan fingerprint density at radius 3 is 2.17 bits per heavy atom. The van der Waals surface area contributed by atoms with Gasteiger partial charge in [-0.25, -0.2) is 0 Å². The van der Waals surface area contributed by atoms with Gasteiger partial charge in [0.25, 0.3) is 0 Å². The standard InChI is InChI=1S/C15H24N2O/c1-9(2)8-12-13(15(18)11(5)6)14(10(3)4)16-17(12)7/h8,10-11H,1-7H3. The molecule has 0 unspecified atom stereocenters. The molecule has 100 valence electrons. The molecule has 0 N–H and O–H groups in total. The quantitative estimate of drug-likeness (QED) is 0.759. The maximum atomic E-state index is 12.4. The van der Waals surface area contributed by atoms with E-state index in [-0.39, 0.29) is 17.6 Å². The van der Waals surface area contributed by atoms with Crippen molar-refractivity contribution in [2.24, 2.45) is 13.0 Å². The fourth-order valence-electron chi connectivity index (χ4n) is 1.94. The number of hydrogen-bond acceptors (Lipinski definition) is 2. The maximum Gasteiger partial charge on any atom is 0.169 e. The van der Waals surface area contributed by atoms with Crippen molar-refractivity contribution >= 4 is 11.9 Å². The topological polar surface area (TPSA) is 34.9 Å². The van der Waals surface area contributed by atoms with E-state index in [2.05, 4.69) is 18.9 Å². The molecule has 0 aromatic carbocycles. The molecule has 3 nitrogen and oxygen atoms in total. The van der Waals surface area contributed by atoms with E-state index in [1.807, 2.05) is 45.5 Å². The smallest absolute Gasteiger partial charge is 0.169 e. The lowest BCUT2D eigenvalue weighted by Crippen LogP contribution is -2.11. The average Bonchev–Trinajstić information content (AvgIpc) is 2.54. The van der Waals surface area contributed by atoms with Crippen LogP contribution >= 0.6 is 0 Å². The second-order valence-electron chi connectivity index (χ2n) is 5.66. The minimum absolute atomic E-state index is 0.00369. The molecule has 0 radical (unpaired) electrons. The van der Waals surface area contributed by atoms with Crippen LogP contribution in [0.25, 0.3) is 6.08 Å². The third-order valence-corrected chi connectivity index (χ3v) is 2.86. The van der Waals surface area contributed by atoms with Gasteiger partial charge >= 0.3 is 0 Å². The highest BCUT2D eigenvalue weighted by Gasteiger charge is 2.24. The number of nitrogens with zero attached hydrogens (tertiary/aromatic N) is 2. The number of aromatic nitrogens is 2. The Morgan fingerprint density at radius 2 is 1.78 bits per heavy atom. The first-order valence-corrected chi connectivity index (χ1v) is 6.51. The van der Waals surface area contributed by atoms with Crippen LogP contribution in [0.4, 0.5) is 0 Å². The zero-order chi connectivity index (χ0) is 14.0. The van der Waals surface area contributed by atoms with Crippen molar-refractivity contribution in [3.05, 3.63) is 22.5 Å². The highest BCUT2D eigenvalue weighted by molar-refractivity contribution is 6.01. The minimum atomic E-state index is -0.00369. The Morgan fingerprint density at radius 1 is 1.22 bits per heavy atom. The van der Waals surface area contributed by atoms with Crippen molar-refractivity contribution in [2.75, 3.05) is 0 Å². The second kappa shape index (κ2) is 5.51. The van der Waals surface area contributed by atoms with Gasteiger partial charge in [-0.3, -0.25) is 9.48 Å². The Labute approximate surface area is 110 Å². The zero-order valence-corrected chi connectivity index (χ0v) is 12.5. The number of Topliss-reactive ketones (excluding diaryl/α,β-unsaturated/α-hetero) is 1. The van der Waals surface area contributed by atoms with Gasteiger partial charge < -0.3 is 0 Å². The molecule has 0 saturated carbocycles. The Bertz CT molecular complexity index is 475. The van der Waals surface area contributed by atoms with E-state index in [0.717, 1.165) is 17.0 Å². The van der Waals surface area contributed by atoms with Gasteiger partial charge in [0.15, 0.2) is 5.78 Å². The lowest BCUT2D eigenvalue weighted by atomic mass is 9.94. The summed E-state index contributed by atoms with van der Waals surface area (Å²) in [6.45, 7) is 12.1. The molecule has 0 saturated heterocycles. The number of carbonyl (C=O) groups excluding carboxylic acids is 1. The third kappa shape index (κ3) is 2.89. The Hall–Kier alpha value is -1.38. The molecule has 0 spiro atoms. The largest absolute Gasteiger partial charge is 0.294 e. The van der Waals surface area contributed by atoms with Gasteiger partial charge in [0.1, 0.15) is 0 Å². The van der Waals surface area contributed by atoms with Gasteiger partial charge in [-0.1, -0.05) is 33.3 Å². The van der Waals surface area contributed by atoms with E-state index in [1.165, 1.54) is 5.57 Å². The molecule has 3 heteroatoms. The molecular weight excluding hydrogens is 224 g/mol. The van der Waals surface area contributed by atoms with Gasteiger partial charge in [-0.15, -0.1) is 0 Å². The molecule has 0 bridgehead atoms. The fourth-order valence-corrected chi connectivity index (χ4v) is 1.94. The van der Waals surface area contributed by atoms with E-state index in [4.69, 9.17) is 0 Å². The predicted octanol–water partition coefficient (Wildman–Crippen LogP) is 3.81. The van der Waals surface area contributed by atoms with Gasteiger partial charge in [-0.05, 0) is 25.8 Å². The van der Waals surface area contributed by atoms with Crippen molar-refractivity contribution in [3.8, 4) is 0 Å². The average molecular weight is 248 g/mol. The molecule has 0 amide bonds. The molecule has 1 rings (SSSR count). The number of allylic oxidation sites excluding steroid dienone is 1. The van der Waals surface area contributed by atoms with Crippen LogP contribution in [-0.4, -0.2) is 15.6 Å². The summed E-state index contributed by atoms with van der Waals surface area (Å²) in [6, 6.07) is 0. The van der Waals surface area contributed by atoms with Crippen LogP contribution in [0.5, 0.6) is 0 Å². The Balaban J connectivity index is 3.51. The second-order valence-corrected chi connectivity index (χ2v) is 5.66. The SMILES string of the molecule is CC(C)=Cc1c(C(=O)C(C)C)c(C(C)C)nn1C. The van der Waals surface area contributed by atoms with Crippen LogP contribution in [0.1, 0.15) is 69.2 Å². The minimum Gasteiger partial charge on any atom is -0.294 e. The van der Waals surface area contributed by atoms with Gasteiger partial charge in [-0.2, -0.15) is 5.10 Å². The molecule has 1 heterocycles. The molecule has 0 aliphatic rings. The summed E-state index contributed by atoms with van der Waals surface area (Å²) < 4.78 is 1.82. The van der Waals surface area contributed by atoms with Crippen LogP contribution < -0.4 is 0 Å². The Kier molecular flexibility index (Phi) is 4.49. The van der Waals surface area contributed by atoms with Gasteiger partial charge in [0.2, 0.25) is 0 Å². The molecule has 1 aromatic rings. The van der Waals surface area contributed by atoms with E-state index in [9.17, 15) is 4.79 Å². The molecule has 0 aliphatic carbocycles. The van der Waals surface area contributed by atoms with Gasteiger partial charge in [0.05, 0.1) is 17.0 Å². The maximum absolute atomic E-state index is 12.4. The molecular formula is C15H24N2O. The molecule has 1 aromatic heterocycles. The normalized spacial score (nSPS) is 11.2. The van der Waals surface area contributed by atoms with Gasteiger partial charge in [0, 0.05) is 13.0 Å². The summed E-state index contributed by atoms with van der Waals surface area (Å²) in [5.41, 5.74) is 3.80. The van der Waals surface area contributed by atoms with Crippen molar-refractivity contribution in [3.63, 3.8) is 0 Å². The first-order valence-electron chi connectivity index (χ1n) is 6.51. The van der Waals surface area contributed by atoms with Crippen LogP contribution in [0.3, 0.4) is 0 Å². The molecule has 0 aliphatic heterocycles. The summed E-state index contributed by atoms with van der Waals surface area (Å²) in [7, 11) is 1.90. The van der Waals surface area contributed by atoms with Crippen LogP contribution in [0.15, 0.2) is 5.57 Å².